The number of halogens is 1. The first kappa shape index (κ1) is 24.0. The third kappa shape index (κ3) is 5.02. The van der Waals surface area contributed by atoms with E-state index in [-0.39, 0.29) is 17.9 Å². The number of methoxy groups -OCH3 is 1. The molecule has 34 heavy (non-hydrogen) atoms. The average Bonchev–Trinajstić information content (AvgIpc) is 3.49. The molecule has 0 saturated carbocycles. The highest BCUT2D eigenvalue weighted by Crippen LogP contribution is 2.36. The Morgan fingerprint density at radius 1 is 1.06 bits per heavy atom. The minimum absolute atomic E-state index is 0.0706. The van der Waals surface area contributed by atoms with E-state index >= 15 is 0 Å². The maximum Gasteiger partial charge on any atom is 0.407 e. The van der Waals surface area contributed by atoms with Crippen molar-refractivity contribution in [3.63, 3.8) is 0 Å². The second-order valence-electron chi connectivity index (χ2n) is 9.04. The van der Waals surface area contributed by atoms with Crippen molar-refractivity contribution in [2.45, 2.75) is 45.2 Å². The Kier molecular flexibility index (Phi) is 7.37. The molecule has 1 N–H and O–H groups in total. The fourth-order valence-electron chi connectivity index (χ4n) is 4.65. The van der Waals surface area contributed by atoms with Crippen molar-refractivity contribution in [1.82, 2.24) is 10.2 Å². The Morgan fingerprint density at radius 3 is 2.35 bits per heavy atom. The van der Waals surface area contributed by atoms with E-state index in [0.717, 1.165) is 40.8 Å². The molecule has 1 saturated heterocycles. The predicted octanol–water partition coefficient (Wildman–Crippen LogP) is 5.48. The molecular weight excluding hydrogens is 450 g/mol. The summed E-state index contributed by atoms with van der Waals surface area (Å²) in [5.74, 6) is -0.179. The van der Waals surface area contributed by atoms with Crippen LogP contribution in [0.5, 0.6) is 0 Å². The Hall–Kier alpha value is -3.12. The van der Waals surface area contributed by atoms with Crippen LogP contribution in [0.2, 0.25) is 0 Å². The normalized spacial score (nSPS) is 18.8. The van der Waals surface area contributed by atoms with E-state index in [1.54, 1.807) is 0 Å². The van der Waals surface area contributed by atoms with Gasteiger partial charge in [-0.2, -0.15) is 0 Å². The number of amides is 2. The molecule has 1 fully saturated rings. The third-order valence-electron chi connectivity index (χ3n) is 6.50. The van der Waals surface area contributed by atoms with E-state index in [1.807, 2.05) is 36.9 Å². The number of alkyl carbamates (subject to hydrolysis) is 1. The van der Waals surface area contributed by atoms with Gasteiger partial charge in [-0.05, 0) is 35.4 Å². The van der Waals surface area contributed by atoms with Gasteiger partial charge < -0.3 is 15.0 Å². The number of carbonyl (C=O) groups is 2. The molecule has 2 aliphatic heterocycles. The van der Waals surface area contributed by atoms with Crippen molar-refractivity contribution in [3.8, 4) is 11.1 Å². The molecule has 4 rings (SSSR count). The van der Waals surface area contributed by atoms with Crippen molar-refractivity contribution >= 4 is 34.9 Å². The van der Waals surface area contributed by atoms with Gasteiger partial charge >= 0.3 is 6.09 Å². The summed E-state index contributed by atoms with van der Waals surface area (Å²) in [6.45, 7) is 4.45. The Balaban J connectivity index is 1.48. The summed E-state index contributed by atoms with van der Waals surface area (Å²) in [6.07, 6.45) is 1.72. The first-order valence-corrected chi connectivity index (χ1v) is 12.0. The van der Waals surface area contributed by atoms with Crippen molar-refractivity contribution in [2.75, 3.05) is 13.7 Å². The molecule has 2 aromatic rings. The number of benzene rings is 2. The van der Waals surface area contributed by atoms with Crippen LogP contribution in [0.3, 0.4) is 0 Å². The summed E-state index contributed by atoms with van der Waals surface area (Å²) in [7, 11) is 1.30. The van der Waals surface area contributed by atoms with Crippen LogP contribution in [0.1, 0.15) is 38.7 Å². The van der Waals surface area contributed by atoms with Gasteiger partial charge in [-0.3, -0.25) is 4.79 Å². The van der Waals surface area contributed by atoms with E-state index in [9.17, 15) is 9.59 Å². The van der Waals surface area contributed by atoms with Crippen LogP contribution in [-0.4, -0.2) is 48.4 Å². The lowest BCUT2D eigenvalue weighted by Crippen LogP contribution is -2.53. The SMILES string of the molecule is COC(=O)N[C@H](C(=O)N1CCC[C@H]1C1=NC(Cl)=C(c2ccc(-c3ccccc3)cc2)C1)C(C)C. The number of carbonyl (C=O) groups excluding carboxylic acids is 2. The molecular formula is C27H30ClN3O3. The van der Waals surface area contributed by atoms with Crippen LogP contribution < -0.4 is 5.32 Å². The number of nitrogens with zero attached hydrogens (tertiary/aromatic N) is 2. The molecule has 0 aromatic heterocycles. The number of likely N-dealkylation sites (tertiary alicyclic amines) is 1. The highest BCUT2D eigenvalue weighted by molar-refractivity contribution is 6.35. The van der Waals surface area contributed by atoms with E-state index in [2.05, 4.69) is 46.7 Å². The van der Waals surface area contributed by atoms with Gasteiger partial charge in [0.05, 0.1) is 13.2 Å². The lowest BCUT2D eigenvalue weighted by molar-refractivity contribution is -0.134. The molecule has 2 heterocycles. The highest BCUT2D eigenvalue weighted by Gasteiger charge is 2.39. The molecule has 0 aliphatic carbocycles. The van der Waals surface area contributed by atoms with Crippen molar-refractivity contribution in [2.24, 2.45) is 10.9 Å². The van der Waals surface area contributed by atoms with Crippen molar-refractivity contribution in [3.05, 3.63) is 65.3 Å². The zero-order valence-electron chi connectivity index (χ0n) is 19.8. The number of ether oxygens (including phenoxy) is 1. The van der Waals surface area contributed by atoms with E-state index < -0.39 is 12.1 Å². The number of nitrogens with one attached hydrogen (secondary N) is 1. The lowest BCUT2D eigenvalue weighted by atomic mass is 9.96. The smallest absolute Gasteiger partial charge is 0.407 e. The number of allylic oxidation sites excluding steroid dienone is 1. The summed E-state index contributed by atoms with van der Waals surface area (Å²) in [4.78, 5) is 31.7. The Labute approximate surface area is 205 Å². The topological polar surface area (TPSA) is 71.0 Å². The largest absolute Gasteiger partial charge is 0.453 e. The van der Waals surface area contributed by atoms with Gasteiger partial charge in [0.1, 0.15) is 11.2 Å². The monoisotopic (exact) mass is 479 g/mol. The molecule has 0 unspecified atom stereocenters. The molecule has 7 heteroatoms. The summed E-state index contributed by atoms with van der Waals surface area (Å²) in [5, 5.41) is 3.17. The van der Waals surface area contributed by atoms with Crippen molar-refractivity contribution < 1.29 is 14.3 Å². The molecule has 2 aromatic carbocycles. The number of rotatable bonds is 6. The fraction of sp³-hybridized carbons (Fsp3) is 0.370. The molecule has 2 aliphatic rings. The van der Waals surface area contributed by atoms with Gasteiger partial charge in [0, 0.05) is 24.3 Å². The zero-order valence-corrected chi connectivity index (χ0v) is 20.5. The third-order valence-corrected chi connectivity index (χ3v) is 6.81. The summed E-state index contributed by atoms with van der Waals surface area (Å²) in [5.41, 5.74) is 5.22. The van der Waals surface area contributed by atoms with Crippen LogP contribution in [-0.2, 0) is 9.53 Å². The van der Waals surface area contributed by atoms with Crippen LogP contribution in [0.15, 0.2) is 64.7 Å². The molecule has 2 atom stereocenters. The van der Waals surface area contributed by atoms with Crippen molar-refractivity contribution in [1.29, 1.82) is 0 Å². The molecule has 6 nitrogen and oxygen atoms in total. The minimum atomic E-state index is -0.650. The summed E-state index contributed by atoms with van der Waals surface area (Å²) in [6, 6.07) is 17.8. The van der Waals surface area contributed by atoms with E-state index in [0.29, 0.717) is 18.1 Å². The average molecular weight is 480 g/mol. The molecule has 2 amide bonds. The van der Waals surface area contributed by atoms with E-state index in [4.69, 9.17) is 16.3 Å². The minimum Gasteiger partial charge on any atom is -0.453 e. The lowest BCUT2D eigenvalue weighted by Gasteiger charge is -2.31. The molecule has 0 spiro atoms. The van der Waals surface area contributed by atoms with Crippen LogP contribution in [0.4, 0.5) is 4.79 Å². The highest BCUT2D eigenvalue weighted by atomic mass is 35.5. The maximum absolute atomic E-state index is 13.4. The van der Waals surface area contributed by atoms with Gasteiger partial charge in [-0.15, -0.1) is 0 Å². The number of hydrogen-bond donors (Lipinski definition) is 1. The van der Waals surface area contributed by atoms with Crippen LogP contribution >= 0.6 is 11.6 Å². The van der Waals surface area contributed by atoms with Gasteiger partial charge in [0.25, 0.3) is 0 Å². The van der Waals surface area contributed by atoms with E-state index in [1.165, 1.54) is 7.11 Å². The number of hydrogen-bond acceptors (Lipinski definition) is 4. The van der Waals surface area contributed by atoms with Gasteiger partial charge in [-0.1, -0.05) is 80.0 Å². The first-order chi connectivity index (χ1) is 16.4. The van der Waals surface area contributed by atoms with Gasteiger partial charge in [0.15, 0.2) is 0 Å². The van der Waals surface area contributed by atoms with Gasteiger partial charge in [-0.25, -0.2) is 9.79 Å². The summed E-state index contributed by atoms with van der Waals surface area (Å²) >= 11 is 6.59. The molecule has 0 bridgehead atoms. The fourth-order valence-corrected chi connectivity index (χ4v) is 4.93. The first-order valence-electron chi connectivity index (χ1n) is 11.7. The zero-order chi connectivity index (χ0) is 24.2. The van der Waals surface area contributed by atoms with Crippen LogP contribution in [0.25, 0.3) is 16.7 Å². The quantitative estimate of drug-likeness (QED) is 0.558. The second-order valence-corrected chi connectivity index (χ2v) is 9.40. The standard InChI is InChI=1S/C27H30ClN3O3/c1-17(2)24(30-27(33)34-3)26(32)31-15-7-10-23(31)22-16-21(25(28)29-22)20-13-11-19(12-14-20)18-8-5-4-6-9-18/h4-6,8-9,11-14,17,23-24H,7,10,15-16H2,1-3H3,(H,30,33)/t23-,24-/m0/s1. The maximum atomic E-state index is 13.4. The van der Waals surface area contributed by atoms with Crippen LogP contribution in [0, 0.1) is 5.92 Å². The Morgan fingerprint density at radius 2 is 1.71 bits per heavy atom. The molecule has 178 valence electrons. The number of aliphatic imine (C=N–C) groups is 1. The molecule has 0 radical (unpaired) electrons. The second kappa shape index (κ2) is 10.4. The van der Waals surface area contributed by atoms with Gasteiger partial charge in [0.2, 0.25) is 5.91 Å². The predicted molar refractivity (Wildman–Crippen MR) is 136 cm³/mol. The Bertz CT molecular complexity index is 1110. The summed E-state index contributed by atoms with van der Waals surface area (Å²) < 4.78 is 4.72.